The van der Waals surface area contributed by atoms with E-state index in [-0.39, 0.29) is 5.54 Å². The van der Waals surface area contributed by atoms with Gasteiger partial charge in [-0.05, 0) is 43.2 Å². The van der Waals surface area contributed by atoms with Crippen LogP contribution in [0.2, 0.25) is 0 Å². The number of benzene rings is 1. The van der Waals surface area contributed by atoms with Crippen molar-refractivity contribution in [3.63, 3.8) is 0 Å². The molecule has 1 saturated carbocycles. The van der Waals surface area contributed by atoms with Gasteiger partial charge in [0, 0.05) is 13.6 Å². The molecule has 20 heavy (non-hydrogen) atoms. The first-order chi connectivity index (χ1) is 9.52. The first kappa shape index (κ1) is 15.2. The fraction of sp³-hybridized carbons (Fsp3) is 0.647. The molecule has 2 unspecified atom stereocenters. The number of para-hydroxylation sites is 2. The number of likely N-dealkylation sites (N-methyl/N-ethyl adjacent to an activating group) is 1. The highest BCUT2D eigenvalue weighted by Crippen LogP contribution is 2.42. The zero-order chi connectivity index (χ0) is 14.8. The van der Waals surface area contributed by atoms with Gasteiger partial charge in [-0.25, -0.2) is 0 Å². The van der Waals surface area contributed by atoms with Gasteiger partial charge < -0.3 is 15.4 Å². The molecule has 1 aromatic rings. The first-order valence-electron chi connectivity index (χ1n) is 7.59. The second-order valence-electron chi connectivity index (χ2n) is 6.51. The predicted octanol–water partition coefficient (Wildman–Crippen LogP) is 3.29. The van der Waals surface area contributed by atoms with Crippen LogP contribution in [-0.2, 0) is 0 Å². The number of hydrogen-bond donors (Lipinski definition) is 1. The average molecular weight is 276 g/mol. The summed E-state index contributed by atoms with van der Waals surface area (Å²) >= 11 is 0. The van der Waals surface area contributed by atoms with Crippen molar-refractivity contribution in [2.45, 2.75) is 38.6 Å². The molecule has 0 aromatic heterocycles. The lowest BCUT2D eigenvalue weighted by molar-refractivity contribution is 0.182. The Labute approximate surface area is 123 Å². The maximum Gasteiger partial charge on any atom is 0.142 e. The van der Waals surface area contributed by atoms with Crippen LogP contribution in [0.3, 0.4) is 0 Å². The number of methoxy groups -OCH3 is 1. The van der Waals surface area contributed by atoms with Gasteiger partial charge in [-0.15, -0.1) is 0 Å². The highest BCUT2D eigenvalue weighted by Gasteiger charge is 2.40. The molecule has 1 aliphatic rings. The van der Waals surface area contributed by atoms with Gasteiger partial charge in [-0.1, -0.05) is 26.0 Å². The number of anilines is 1. The SMILES string of the molecule is COc1ccccc1N(C)C1(CN)CC(C)CC(C)C1. The third-order valence-electron chi connectivity index (χ3n) is 4.80. The van der Waals surface area contributed by atoms with Crippen LogP contribution in [0.4, 0.5) is 5.69 Å². The summed E-state index contributed by atoms with van der Waals surface area (Å²) in [6.45, 7) is 5.38. The van der Waals surface area contributed by atoms with Crippen LogP contribution in [-0.4, -0.2) is 26.2 Å². The predicted molar refractivity (Wildman–Crippen MR) is 85.4 cm³/mol. The number of ether oxygens (including phenoxy) is 1. The van der Waals surface area contributed by atoms with Crippen LogP contribution in [0.25, 0.3) is 0 Å². The lowest BCUT2D eigenvalue weighted by Gasteiger charge is -2.49. The van der Waals surface area contributed by atoms with E-state index in [0.29, 0.717) is 6.54 Å². The summed E-state index contributed by atoms with van der Waals surface area (Å²) in [6, 6.07) is 8.22. The zero-order valence-electron chi connectivity index (χ0n) is 13.2. The monoisotopic (exact) mass is 276 g/mol. The summed E-state index contributed by atoms with van der Waals surface area (Å²) in [5.74, 6) is 2.37. The molecule has 3 nitrogen and oxygen atoms in total. The first-order valence-corrected chi connectivity index (χ1v) is 7.59. The summed E-state index contributed by atoms with van der Waals surface area (Å²) in [6.07, 6.45) is 3.62. The minimum atomic E-state index is 0.0473. The minimum absolute atomic E-state index is 0.0473. The second-order valence-corrected chi connectivity index (χ2v) is 6.51. The van der Waals surface area contributed by atoms with Gasteiger partial charge in [0.25, 0.3) is 0 Å². The quantitative estimate of drug-likeness (QED) is 0.917. The molecular weight excluding hydrogens is 248 g/mol. The fourth-order valence-corrected chi connectivity index (χ4v) is 3.97. The number of rotatable bonds is 4. The summed E-state index contributed by atoms with van der Waals surface area (Å²) < 4.78 is 5.52. The van der Waals surface area contributed by atoms with E-state index < -0.39 is 0 Å². The molecular formula is C17H28N2O. The molecule has 0 radical (unpaired) electrons. The van der Waals surface area contributed by atoms with E-state index in [1.807, 2.05) is 12.1 Å². The van der Waals surface area contributed by atoms with E-state index in [1.54, 1.807) is 7.11 Å². The zero-order valence-corrected chi connectivity index (χ0v) is 13.2. The Morgan fingerprint density at radius 2 is 1.85 bits per heavy atom. The minimum Gasteiger partial charge on any atom is -0.495 e. The molecule has 2 atom stereocenters. The van der Waals surface area contributed by atoms with Gasteiger partial charge in [-0.2, -0.15) is 0 Å². The Bertz CT molecular complexity index is 436. The van der Waals surface area contributed by atoms with Crippen molar-refractivity contribution < 1.29 is 4.74 Å². The fourth-order valence-electron chi connectivity index (χ4n) is 3.97. The second kappa shape index (κ2) is 6.04. The molecule has 1 aromatic carbocycles. The van der Waals surface area contributed by atoms with Crippen molar-refractivity contribution in [2.75, 3.05) is 25.6 Å². The molecule has 1 fully saturated rings. The Morgan fingerprint density at radius 1 is 1.25 bits per heavy atom. The highest BCUT2D eigenvalue weighted by molar-refractivity contribution is 5.59. The van der Waals surface area contributed by atoms with Crippen LogP contribution in [0, 0.1) is 11.8 Å². The Morgan fingerprint density at radius 3 is 2.40 bits per heavy atom. The van der Waals surface area contributed by atoms with E-state index in [9.17, 15) is 0 Å². The van der Waals surface area contributed by atoms with Crippen molar-refractivity contribution in [3.05, 3.63) is 24.3 Å². The van der Waals surface area contributed by atoms with Crippen LogP contribution >= 0.6 is 0 Å². The summed E-state index contributed by atoms with van der Waals surface area (Å²) in [5.41, 5.74) is 7.40. The maximum absolute atomic E-state index is 6.21. The van der Waals surface area contributed by atoms with Crippen molar-refractivity contribution in [1.29, 1.82) is 0 Å². The maximum atomic E-state index is 6.21. The molecule has 1 aliphatic carbocycles. The van der Waals surface area contributed by atoms with Crippen LogP contribution in [0.1, 0.15) is 33.1 Å². The molecule has 2 N–H and O–H groups in total. The standard InChI is InChI=1S/C17H28N2O/c1-13-9-14(2)11-17(10-13,12-18)19(3)15-7-5-6-8-16(15)20-4/h5-8,13-14H,9-12,18H2,1-4H3. The van der Waals surface area contributed by atoms with Crippen LogP contribution in [0.15, 0.2) is 24.3 Å². The van der Waals surface area contributed by atoms with E-state index in [0.717, 1.165) is 36.1 Å². The molecule has 0 aliphatic heterocycles. The summed E-state index contributed by atoms with van der Waals surface area (Å²) in [4.78, 5) is 2.36. The van der Waals surface area contributed by atoms with Crippen LogP contribution in [0.5, 0.6) is 5.75 Å². The molecule has 0 spiro atoms. The summed E-state index contributed by atoms with van der Waals surface area (Å²) in [7, 11) is 3.89. The van der Waals surface area contributed by atoms with Crippen LogP contribution < -0.4 is 15.4 Å². The van der Waals surface area contributed by atoms with Crippen molar-refractivity contribution in [3.8, 4) is 5.75 Å². The topological polar surface area (TPSA) is 38.5 Å². The molecule has 0 amide bonds. The lowest BCUT2D eigenvalue weighted by atomic mass is 9.70. The molecule has 112 valence electrons. The molecule has 0 bridgehead atoms. The normalized spacial score (nSPS) is 30.1. The van der Waals surface area contributed by atoms with E-state index in [1.165, 1.54) is 6.42 Å². The molecule has 0 heterocycles. The van der Waals surface area contributed by atoms with Gasteiger partial charge in [0.05, 0.1) is 18.3 Å². The van der Waals surface area contributed by atoms with E-state index in [2.05, 4.69) is 37.9 Å². The van der Waals surface area contributed by atoms with Gasteiger partial charge in [-0.3, -0.25) is 0 Å². The number of hydrogen-bond acceptors (Lipinski definition) is 3. The Hall–Kier alpha value is -1.22. The average Bonchev–Trinajstić information content (AvgIpc) is 2.45. The van der Waals surface area contributed by atoms with Crippen molar-refractivity contribution in [1.82, 2.24) is 0 Å². The largest absolute Gasteiger partial charge is 0.495 e. The third-order valence-corrected chi connectivity index (χ3v) is 4.80. The highest BCUT2D eigenvalue weighted by atomic mass is 16.5. The summed E-state index contributed by atoms with van der Waals surface area (Å²) in [5, 5.41) is 0. The van der Waals surface area contributed by atoms with Gasteiger partial charge in [0.2, 0.25) is 0 Å². The van der Waals surface area contributed by atoms with Gasteiger partial charge >= 0.3 is 0 Å². The number of nitrogens with two attached hydrogens (primary N) is 1. The Balaban J connectivity index is 2.35. The van der Waals surface area contributed by atoms with Crippen molar-refractivity contribution in [2.24, 2.45) is 17.6 Å². The van der Waals surface area contributed by atoms with Gasteiger partial charge in [0.1, 0.15) is 5.75 Å². The van der Waals surface area contributed by atoms with Gasteiger partial charge in [0.15, 0.2) is 0 Å². The van der Waals surface area contributed by atoms with Crippen molar-refractivity contribution >= 4 is 5.69 Å². The molecule has 0 saturated heterocycles. The van der Waals surface area contributed by atoms with E-state index >= 15 is 0 Å². The lowest BCUT2D eigenvalue weighted by Crippen LogP contribution is -2.56. The third kappa shape index (κ3) is 2.78. The number of nitrogens with zero attached hydrogens (tertiary/aromatic N) is 1. The van der Waals surface area contributed by atoms with E-state index in [4.69, 9.17) is 10.5 Å². The Kier molecular flexibility index (Phi) is 4.59. The smallest absolute Gasteiger partial charge is 0.142 e. The molecule has 2 rings (SSSR count). The molecule has 3 heteroatoms.